The molecule has 10 heteroatoms. The van der Waals surface area contributed by atoms with Crippen LogP contribution in [0.3, 0.4) is 0 Å². The number of aliphatic hydroxyl groups excluding tert-OH is 4. The van der Waals surface area contributed by atoms with E-state index >= 15 is 0 Å². The van der Waals surface area contributed by atoms with E-state index in [1.165, 1.54) is 0 Å². The third-order valence-electron chi connectivity index (χ3n) is 4.21. The molecule has 2 heterocycles. The summed E-state index contributed by atoms with van der Waals surface area (Å²) in [6.45, 7) is 2.04. The van der Waals surface area contributed by atoms with E-state index in [2.05, 4.69) is 15.5 Å². The van der Waals surface area contributed by atoms with E-state index in [1.807, 2.05) is 6.92 Å². The van der Waals surface area contributed by atoms with E-state index in [0.717, 1.165) is 5.69 Å². The molecule has 6 N–H and O–H groups in total. The molecule has 2 aromatic rings. The summed E-state index contributed by atoms with van der Waals surface area (Å²) in [5.41, 5.74) is 0.330. The van der Waals surface area contributed by atoms with Crippen LogP contribution in [0.15, 0.2) is 23.0 Å². The van der Waals surface area contributed by atoms with Crippen molar-refractivity contribution in [2.24, 2.45) is 0 Å². The first-order valence-corrected chi connectivity index (χ1v) is 8.19. The Balaban J connectivity index is 1.93. The van der Waals surface area contributed by atoms with Gasteiger partial charge in [0.1, 0.15) is 24.4 Å². The van der Waals surface area contributed by atoms with Crippen molar-refractivity contribution < 1.29 is 29.9 Å². The predicted octanol–water partition coefficient (Wildman–Crippen LogP) is -1.47. The minimum atomic E-state index is -1.57. The van der Waals surface area contributed by atoms with Gasteiger partial charge in [0, 0.05) is 12.2 Å². The topological polar surface area (TPSA) is 157 Å². The lowest BCUT2D eigenvalue weighted by Crippen LogP contribution is -2.60. The molecular formula is C16H21N3O7. The zero-order chi connectivity index (χ0) is 18.8. The molecule has 0 aliphatic carbocycles. The highest BCUT2D eigenvalue weighted by molar-refractivity contribution is 5.88. The number of hydrogen-bond donors (Lipinski definition) is 6. The van der Waals surface area contributed by atoms with Crippen molar-refractivity contribution in [2.75, 3.05) is 18.5 Å². The van der Waals surface area contributed by atoms with Gasteiger partial charge in [-0.2, -0.15) is 0 Å². The maximum atomic E-state index is 12.0. The van der Waals surface area contributed by atoms with Gasteiger partial charge in [-0.15, -0.1) is 5.10 Å². The largest absolute Gasteiger partial charge is 0.443 e. The number of aliphatic hydroxyl groups is 4. The first kappa shape index (κ1) is 18.5. The lowest BCUT2D eigenvalue weighted by atomic mass is 9.99. The van der Waals surface area contributed by atoms with E-state index in [-0.39, 0.29) is 5.88 Å². The Morgan fingerprint density at radius 3 is 2.69 bits per heavy atom. The Hall–Kier alpha value is -2.24. The standard InChI is InChI=1S/C16H21N3O7/c1-2-17-7-3-4-8-9(5-7)14(24)18-19-15(8)26-16-13(23)12(22)11(21)10(6-20)25-16/h3-5,10-13,16-17,20-23H,2,6H2,1H3,(H,18,24)/t10-,11+,12+,13-,16+/m1/s1. The normalized spacial score (nSPS) is 28.9. The van der Waals surface area contributed by atoms with Crippen LogP contribution in [0.5, 0.6) is 5.88 Å². The quantitative estimate of drug-likeness (QED) is 0.371. The van der Waals surface area contributed by atoms with E-state index in [4.69, 9.17) is 9.47 Å². The molecular weight excluding hydrogens is 346 g/mol. The number of aromatic nitrogens is 2. The maximum Gasteiger partial charge on any atom is 0.272 e. The van der Waals surface area contributed by atoms with Crippen LogP contribution >= 0.6 is 0 Å². The number of nitrogens with one attached hydrogen (secondary N) is 2. The maximum absolute atomic E-state index is 12.0. The smallest absolute Gasteiger partial charge is 0.272 e. The number of rotatable bonds is 5. The molecule has 0 amide bonds. The van der Waals surface area contributed by atoms with Crippen LogP contribution in [0.25, 0.3) is 10.8 Å². The number of aromatic amines is 1. The summed E-state index contributed by atoms with van der Waals surface area (Å²) < 4.78 is 10.8. The van der Waals surface area contributed by atoms with Crippen LogP contribution in [0.4, 0.5) is 5.69 Å². The third kappa shape index (κ3) is 3.37. The minimum Gasteiger partial charge on any atom is -0.443 e. The SMILES string of the molecule is CCNc1ccc2c(O[C@@H]3O[C@H](CO)[C@H](O)[C@H](O)[C@H]3O)n[nH]c(=O)c2c1. The van der Waals surface area contributed by atoms with Gasteiger partial charge in [0.05, 0.1) is 17.4 Å². The van der Waals surface area contributed by atoms with Crippen molar-refractivity contribution in [3.63, 3.8) is 0 Å². The fraction of sp³-hybridized carbons (Fsp3) is 0.500. The molecule has 3 rings (SSSR count). The van der Waals surface area contributed by atoms with Gasteiger partial charge in [-0.05, 0) is 25.1 Å². The summed E-state index contributed by atoms with van der Waals surface area (Å²) in [6.07, 6.45) is -7.12. The molecule has 10 nitrogen and oxygen atoms in total. The van der Waals surface area contributed by atoms with E-state index in [1.54, 1.807) is 18.2 Å². The molecule has 1 aromatic carbocycles. The molecule has 0 spiro atoms. The molecule has 1 saturated heterocycles. The number of nitrogens with zero attached hydrogens (tertiary/aromatic N) is 1. The molecule has 5 atom stereocenters. The Kier molecular flexibility index (Phi) is 5.39. The van der Waals surface area contributed by atoms with Gasteiger partial charge in [-0.3, -0.25) is 4.79 Å². The van der Waals surface area contributed by atoms with Gasteiger partial charge in [0.15, 0.2) is 0 Å². The number of anilines is 1. The summed E-state index contributed by atoms with van der Waals surface area (Å²) in [5, 5.41) is 48.9. The Morgan fingerprint density at radius 2 is 2.00 bits per heavy atom. The van der Waals surface area contributed by atoms with Crippen LogP contribution in [-0.4, -0.2) is 74.5 Å². The summed E-state index contributed by atoms with van der Waals surface area (Å²) in [5.74, 6) is -0.0213. The zero-order valence-corrected chi connectivity index (χ0v) is 14.0. The van der Waals surface area contributed by atoms with Crippen LogP contribution in [-0.2, 0) is 4.74 Å². The van der Waals surface area contributed by atoms with E-state index in [9.17, 15) is 25.2 Å². The highest BCUT2D eigenvalue weighted by atomic mass is 16.7. The Morgan fingerprint density at radius 1 is 1.23 bits per heavy atom. The van der Waals surface area contributed by atoms with Crippen molar-refractivity contribution in [3.8, 4) is 5.88 Å². The number of ether oxygens (including phenoxy) is 2. The number of benzene rings is 1. The van der Waals surface area contributed by atoms with Crippen molar-refractivity contribution in [3.05, 3.63) is 28.6 Å². The monoisotopic (exact) mass is 367 g/mol. The summed E-state index contributed by atoms with van der Waals surface area (Å²) in [6, 6.07) is 5.02. The average Bonchev–Trinajstić information content (AvgIpc) is 2.64. The first-order chi connectivity index (χ1) is 12.5. The van der Waals surface area contributed by atoms with Crippen molar-refractivity contribution >= 4 is 16.5 Å². The van der Waals surface area contributed by atoms with Crippen LogP contribution in [0.2, 0.25) is 0 Å². The molecule has 0 unspecified atom stereocenters. The van der Waals surface area contributed by atoms with E-state index < -0.39 is 42.9 Å². The van der Waals surface area contributed by atoms with Gasteiger partial charge >= 0.3 is 0 Å². The zero-order valence-electron chi connectivity index (χ0n) is 14.0. The average molecular weight is 367 g/mol. The van der Waals surface area contributed by atoms with Gasteiger partial charge in [0.2, 0.25) is 12.2 Å². The van der Waals surface area contributed by atoms with Gasteiger partial charge < -0.3 is 35.2 Å². The summed E-state index contributed by atoms with van der Waals surface area (Å²) >= 11 is 0. The molecule has 0 radical (unpaired) electrons. The molecule has 1 aliphatic heterocycles. The Bertz CT molecular complexity index is 825. The summed E-state index contributed by atoms with van der Waals surface area (Å²) in [4.78, 5) is 12.0. The number of hydrogen-bond acceptors (Lipinski definition) is 9. The highest BCUT2D eigenvalue weighted by Gasteiger charge is 2.45. The van der Waals surface area contributed by atoms with Gasteiger partial charge in [-0.1, -0.05) is 0 Å². The van der Waals surface area contributed by atoms with Gasteiger partial charge in [-0.25, -0.2) is 5.10 Å². The number of fused-ring (bicyclic) bond motifs is 1. The van der Waals surface area contributed by atoms with E-state index in [0.29, 0.717) is 17.3 Å². The van der Waals surface area contributed by atoms with Crippen LogP contribution in [0.1, 0.15) is 6.92 Å². The second-order valence-electron chi connectivity index (χ2n) is 5.96. The van der Waals surface area contributed by atoms with Crippen molar-refractivity contribution in [2.45, 2.75) is 37.6 Å². The minimum absolute atomic E-state index is 0.0213. The molecule has 0 saturated carbocycles. The summed E-state index contributed by atoms with van der Waals surface area (Å²) in [7, 11) is 0. The highest BCUT2D eigenvalue weighted by Crippen LogP contribution is 2.27. The molecule has 142 valence electrons. The fourth-order valence-electron chi connectivity index (χ4n) is 2.82. The van der Waals surface area contributed by atoms with Crippen LogP contribution in [0, 0.1) is 0 Å². The second-order valence-corrected chi connectivity index (χ2v) is 5.96. The van der Waals surface area contributed by atoms with Crippen molar-refractivity contribution in [1.29, 1.82) is 0 Å². The lowest BCUT2D eigenvalue weighted by molar-refractivity contribution is -0.278. The third-order valence-corrected chi connectivity index (χ3v) is 4.21. The fourth-order valence-corrected chi connectivity index (χ4v) is 2.82. The molecule has 1 aliphatic rings. The second kappa shape index (κ2) is 7.56. The first-order valence-electron chi connectivity index (χ1n) is 8.19. The van der Waals surface area contributed by atoms with Gasteiger partial charge in [0.25, 0.3) is 5.56 Å². The molecule has 0 bridgehead atoms. The molecule has 26 heavy (non-hydrogen) atoms. The molecule has 1 aromatic heterocycles. The number of H-pyrrole nitrogens is 1. The Labute approximate surface area is 148 Å². The predicted molar refractivity (Wildman–Crippen MR) is 90.9 cm³/mol. The van der Waals surface area contributed by atoms with Crippen LogP contribution < -0.4 is 15.6 Å². The lowest BCUT2D eigenvalue weighted by Gasteiger charge is -2.39. The van der Waals surface area contributed by atoms with Crippen molar-refractivity contribution in [1.82, 2.24) is 10.2 Å². The molecule has 1 fully saturated rings.